The van der Waals surface area contributed by atoms with Crippen LogP contribution < -0.4 is 4.74 Å². The van der Waals surface area contributed by atoms with E-state index in [4.69, 9.17) is 32.7 Å². The highest BCUT2D eigenvalue weighted by molar-refractivity contribution is 6.36. The molecule has 1 amide bonds. The SMILES string of the molecule is Cc1ncc(-c2ccc(C(=O)N3CCOCC3)cc2)cc1OC(C)c1c(Cl)ccc(F)c1Cl. The third kappa shape index (κ3) is 5.13. The highest BCUT2D eigenvalue weighted by Crippen LogP contribution is 2.36. The van der Waals surface area contributed by atoms with Crippen molar-refractivity contribution in [1.29, 1.82) is 0 Å². The molecule has 0 bridgehead atoms. The molecule has 5 nitrogen and oxygen atoms in total. The van der Waals surface area contributed by atoms with Crippen molar-refractivity contribution in [3.05, 3.63) is 81.3 Å². The maximum absolute atomic E-state index is 13.9. The minimum atomic E-state index is -0.593. The number of aromatic nitrogens is 1. The predicted octanol–water partition coefficient (Wildman–Crippen LogP) is 6.12. The summed E-state index contributed by atoms with van der Waals surface area (Å²) in [7, 11) is 0. The number of aryl methyl sites for hydroxylation is 1. The van der Waals surface area contributed by atoms with Crippen LogP contribution in [0.25, 0.3) is 11.1 Å². The first-order valence-electron chi connectivity index (χ1n) is 10.6. The molecular weight excluding hydrogens is 466 g/mol. The summed E-state index contributed by atoms with van der Waals surface area (Å²) in [6, 6.07) is 11.9. The van der Waals surface area contributed by atoms with Crippen LogP contribution in [0.15, 0.2) is 48.7 Å². The molecule has 0 saturated carbocycles. The maximum Gasteiger partial charge on any atom is 0.254 e. The van der Waals surface area contributed by atoms with Gasteiger partial charge in [0.15, 0.2) is 0 Å². The van der Waals surface area contributed by atoms with Gasteiger partial charge in [-0.25, -0.2) is 4.39 Å². The van der Waals surface area contributed by atoms with Gasteiger partial charge in [0.1, 0.15) is 17.7 Å². The number of nitrogens with zero attached hydrogens (tertiary/aromatic N) is 2. The van der Waals surface area contributed by atoms with Gasteiger partial charge in [0.25, 0.3) is 5.91 Å². The minimum absolute atomic E-state index is 0.00595. The molecule has 33 heavy (non-hydrogen) atoms. The van der Waals surface area contributed by atoms with E-state index in [-0.39, 0.29) is 10.9 Å². The lowest BCUT2D eigenvalue weighted by Gasteiger charge is -2.26. The molecule has 1 aromatic heterocycles. The third-order valence-corrected chi connectivity index (χ3v) is 6.31. The van der Waals surface area contributed by atoms with Crippen molar-refractivity contribution in [2.45, 2.75) is 20.0 Å². The van der Waals surface area contributed by atoms with Crippen molar-refractivity contribution in [2.24, 2.45) is 0 Å². The van der Waals surface area contributed by atoms with Gasteiger partial charge in [0.05, 0.1) is 23.9 Å². The van der Waals surface area contributed by atoms with Gasteiger partial charge in [0, 0.05) is 41.0 Å². The summed E-state index contributed by atoms with van der Waals surface area (Å²) >= 11 is 12.4. The number of benzene rings is 2. The number of ether oxygens (including phenoxy) is 2. The van der Waals surface area contributed by atoms with E-state index in [0.29, 0.717) is 53.9 Å². The van der Waals surface area contributed by atoms with Crippen molar-refractivity contribution < 1.29 is 18.7 Å². The van der Waals surface area contributed by atoms with Crippen LogP contribution >= 0.6 is 23.2 Å². The first kappa shape index (κ1) is 23.5. The number of morpholine rings is 1. The lowest BCUT2D eigenvalue weighted by atomic mass is 10.0. The van der Waals surface area contributed by atoms with E-state index in [9.17, 15) is 9.18 Å². The monoisotopic (exact) mass is 488 g/mol. The number of hydrogen-bond donors (Lipinski definition) is 0. The summed E-state index contributed by atoms with van der Waals surface area (Å²) in [4.78, 5) is 18.9. The zero-order valence-corrected chi connectivity index (χ0v) is 19.8. The van der Waals surface area contributed by atoms with E-state index in [1.807, 2.05) is 37.3 Å². The fourth-order valence-electron chi connectivity index (χ4n) is 3.71. The Hall–Kier alpha value is -2.67. The van der Waals surface area contributed by atoms with Crippen LogP contribution in [0.1, 0.15) is 34.6 Å². The van der Waals surface area contributed by atoms with Gasteiger partial charge in [-0.3, -0.25) is 9.78 Å². The minimum Gasteiger partial charge on any atom is -0.484 e. The van der Waals surface area contributed by atoms with Crippen molar-refractivity contribution in [2.75, 3.05) is 26.3 Å². The molecule has 0 aliphatic carbocycles. The predicted molar refractivity (Wildman–Crippen MR) is 127 cm³/mol. The normalized spacial score (nSPS) is 14.8. The van der Waals surface area contributed by atoms with Crippen molar-refractivity contribution in [3.63, 3.8) is 0 Å². The van der Waals surface area contributed by atoms with Crippen LogP contribution in [0.3, 0.4) is 0 Å². The number of carbonyl (C=O) groups excluding carboxylic acids is 1. The van der Waals surface area contributed by atoms with Gasteiger partial charge in [0.2, 0.25) is 0 Å². The lowest BCUT2D eigenvalue weighted by Crippen LogP contribution is -2.40. The van der Waals surface area contributed by atoms with Gasteiger partial charge in [-0.1, -0.05) is 35.3 Å². The number of pyridine rings is 1. The fraction of sp³-hybridized carbons (Fsp3) is 0.280. The van der Waals surface area contributed by atoms with Crippen molar-refractivity contribution >= 4 is 29.1 Å². The molecule has 1 aliphatic heterocycles. The average Bonchev–Trinajstić information content (AvgIpc) is 2.83. The van der Waals surface area contributed by atoms with Crippen LogP contribution in [-0.4, -0.2) is 42.1 Å². The van der Waals surface area contributed by atoms with Crippen LogP contribution in [-0.2, 0) is 4.74 Å². The van der Waals surface area contributed by atoms with Crippen LogP contribution in [0, 0.1) is 12.7 Å². The van der Waals surface area contributed by atoms with Crippen molar-refractivity contribution in [1.82, 2.24) is 9.88 Å². The van der Waals surface area contributed by atoms with E-state index >= 15 is 0 Å². The van der Waals surface area contributed by atoms with Gasteiger partial charge >= 0.3 is 0 Å². The Bertz CT molecular complexity index is 1170. The molecule has 3 aromatic rings. The molecule has 1 aliphatic rings. The topological polar surface area (TPSA) is 51.7 Å². The molecule has 172 valence electrons. The Morgan fingerprint density at radius 3 is 2.52 bits per heavy atom. The molecule has 0 N–H and O–H groups in total. The zero-order chi connectivity index (χ0) is 23.5. The smallest absolute Gasteiger partial charge is 0.254 e. The standard InChI is InChI=1S/C25H23Cl2FN2O3/c1-15-22(33-16(2)23-20(26)7-8-21(28)24(23)27)13-19(14-29-15)17-3-5-18(6-4-17)25(31)30-9-11-32-12-10-30/h3-8,13-14,16H,9-12H2,1-2H3. The molecule has 0 radical (unpaired) electrons. The second-order valence-corrected chi connectivity index (χ2v) is 8.59. The van der Waals surface area contributed by atoms with Gasteiger partial charge in [-0.15, -0.1) is 0 Å². The summed E-state index contributed by atoms with van der Waals surface area (Å²) in [5, 5.41) is 0.272. The molecule has 4 rings (SSSR count). The second kappa shape index (κ2) is 10.1. The molecule has 1 fully saturated rings. The van der Waals surface area contributed by atoms with Gasteiger partial charge in [-0.05, 0) is 49.7 Å². The van der Waals surface area contributed by atoms with E-state index in [0.717, 1.165) is 11.1 Å². The molecule has 2 aromatic carbocycles. The van der Waals surface area contributed by atoms with Crippen LogP contribution in [0.5, 0.6) is 5.75 Å². The Morgan fingerprint density at radius 1 is 1.12 bits per heavy atom. The number of hydrogen-bond acceptors (Lipinski definition) is 4. The summed E-state index contributed by atoms with van der Waals surface area (Å²) < 4.78 is 25.3. The summed E-state index contributed by atoms with van der Waals surface area (Å²) in [5.74, 6) is -0.0275. The third-order valence-electron chi connectivity index (χ3n) is 5.59. The Labute approximate surface area is 202 Å². The van der Waals surface area contributed by atoms with Gasteiger partial charge < -0.3 is 14.4 Å². The molecule has 2 heterocycles. The van der Waals surface area contributed by atoms with Crippen LogP contribution in [0.4, 0.5) is 4.39 Å². The van der Waals surface area contributed by atoms with E-state index in [2.05, 4.69) is 4.98 Å². The Morgan fingerprint density at radius 2 is 1.82 bits per heavy atom. The summed E-state index contributed by atoms with van der Waals surface area (Å²) in [6.07, 6.45) is 1.15. The first-order valence-corrected chi connectivity index (χ1v) is 11.3. The highest BCUT2D eigenvalue weighted by atomic mass is 35.5. The van der Waals surface area contributed by atoms with E-state index in [1.165, 1.54) is 12.1 Å². The zero-order valence-electron chi connectivity index (χ0n) is 18.3. The maximum atomic E-state index is 13.9. The van der Waals surface area contributed by atoms with Crippen molar-refractivity contribution in [3.8, 4) is 16.9 Å². The quantitative estimate of drug-likeness (QED) is 0.406. The molecule has 1 saturated heterocycles. The number of amides is 1. The lowest BCUT2D eigenvalue weighted by molar-refractivity contribution is 0.0303. The highest BCUT2D eigenvalue weighted by Gasteiger charge is 2.21. The molecule has 8 heteroatoms. The molecular formula is C25H23Cl2FN2O3. The summed E-state index contributed by atoms with van der Waals surface area (Å²) in [6.45, 7) is 5.90. The first-order chi connectivity index (χ1) is 15.8. The van der Waals surface area contributed by atoms with E-state index in [1.54, 1.807) is 18.0 Å². The largest absolute Gasteiger partial charge is 0.484 e. The number of carbonyl (C=O) groups is 1. The molecule has 1 atom stereocenters. The van der Waals surface area contributed by atoms with Crippen LogP contribution in [0.2, 0.25) is 10.0 Å². The Balaban J connectivity index is 1.55. The Kier molecular flexibility index (Phi) is 7.17. The second-order valence-electron chi connectivity index (χ2n) is 7.81. The average molecular weight is 489 g/mol. The van der Waals surface area contributed by atoms with E-state index < -0.39 is 11.9 Å². The fourth-order valence-corrected chi connectivity index (χ4v) is 4.39. The number of halogens is 3. The molecule has 0 spiro atoms. The number of rotatable bonds is 5. The summed E-state index contributed by atoms with van der Waals surface area (Å²) in [5.41, 5.74) is 3.40. The molecule has 1 unspecified atom stereocenters. The van der Waals surface area contributed by atoms with Gasteiger partial charge in [-0.2, -0.15) is 0 Å².